The second kappa shape index (κ2) is 7.60. The van der Waals surface area contributed by atoms with Crippen molar-refractivity contribution in [3.63, 3.8) is 0 Å². The summed E-state index contributed by atoms with van der Waals surface area (Å²) in [5, 5.41) is 7.11. The first-order chi connectivity index (χ1) is 12.7. The highest BCUT2D eigenvalue weighted by Gasteiger charge is 2.16. The smallest absolute Gasteiger partial charge is 0.276 e. The lowest BCUT2D eigenvalue weighted by atomic mass is 10.2. The third-order valence-corrected chi connectivity index (χ3v) is 3.77. The molecule has 0 fully saturated rings. The van der Waals surface area contributed by atoms with E-state index in [2.05, 4.69) is 10.4 Å². The van der Waals surface area contributed by atoms with Crippen molar-refractivity contribution in [2.24, 2.45) is 0 Å². The first-order valence-corrected chi connectivity index (χ1v) is 7.88. The number of nitrogens with one attached hydrogen (secondary N) is 1. The summed E-state index contributed by atoms with van der Waals surface area (Å²) in [5.41, 5.74) is 1.68. The van der Waals surface area contributed by atoms with Crippen LogP contribution in [0.1, 0.15) is 10.5 Å². The number of anilines is 1. The molecule has 26 heavy (non-hydrogen) atoms. The van der Waals surface area contributed by atoms with Gasteiger partial charge in [-0.25, -0.2) is 4.68 Å². The number of hydrogen-bond donors (Lipinski definition) is 1. The SMILES string of the molecule is COc1cc(NC(=O)c2ccn(-c3ccccc3)n2)cc(OC)c1OC. The summed E-state index contributed by atoms with van der Waals surface area (Å²) in [6.07, 6.45) is 1.74. The first kappa shape index (κ1) is 17.3. The zero-order valence-corrected chi connectivity index (χ0v) is 14.7. The van der Waals surface area contributed by atoms with Crippen molar-refractivity contribution in [3.05, 3.63) is 60.4 Å². The molecule has 7 heteroatoms. The van der Waals surface area contributed by atoms with E-state index in [1.807, 2.05) is 30.3 Å². The van der Waals surface area contributed by atoms with Crippen LogP contribution in [0.25, 0.3) is 5.69 Å². The van der Waals surface area contributed by atoms with Crippen molar-refractivity contribution in [3.8, 4) is 22.9 Å². The Morgan fingerprint density at radius 3 is 2.19 bits per heavy atom. The third kappa shape index (κ3) is 3.46. The van der Waals surface area contributed by atoms with Crippen molar-refractivity contribution in [2.75, 3.05) is 26.6 Å². The van der Waals surface area contributed by atoms with Crippen molar-refractivity contribution in [1.29, 1.82) is 0 Å². The van der Waals surface area contributed by atoms with Gasteiger partial charge in [0.1, 0.15) is 0 Å². The van der Waals surface area contributed by atoms with Gasteiger partial charge in [-0.3, -0.25) is 4.79 Å². The molecule has 0 aliphatic carbocycles. The van der Waals surface area contributed by atoms with Gasteiger partial charge >= 0.3 is 0 Å². The average Bonchev–Trinajstić information content (AvgIpc) is 3.18. The molecule has 0 bridgehead atoms. The summed E-state index contributed by atoms with van der Waals surface area (Å²) in [4.78, 5) is 12.5. The van der Waals surface area contributed by atoms with Crippen molar-refractivity contribution in [1.82, 2.24) is 9.78 Å². The van der Waals surface area contributed by atoms with Crippen LogP contribution in [0.2, 0.25) is 0 Å². The molecule has 134 valence electrons. The van der Waals surface area contributed by atoms with E-state index < -0.39 is 0 Å². The van der Waals surface area contributed by atoms with Crippen LogP contribution in [0.3, 0.4) is 0 Å². The Hall–Kier alpha value is -3.48. The zero-order valence-electron chi connectivity index (χ0n) is 14.7. The fourth-order valence-electron chi connectivity index (χ4n) is 2.52. The predicted molar refractivity (Wildman–Crippen MR) is 97.6 cm³/mol. The monoisotopic (exact) mass is 353 g/mol. The maximum atomic E-state index is 12.5. The number of para-hydroxylation sites is 1. The fourth-order valence-corrected chi connectivity index (χ4v) is 2.52. The number of carbonyl (C=O) groups excluding carboxylic acids is 1. The van der Waals surface area contributed by atoms with E-state index in [4.69, 9.17) is 14.2 Å². The number of aromatic nitrogens is 2. The lowest BCUT2D eigenvalue weighted by Crippen LogP contribution is -2.13. The van der Waals surface area contributed by atoms with Crippen LogP contribution in [-0.4, -0.2) is 37.0 Å². The number of rotatable bonds is 6. The maximum absolute atomic E-state index is 12.5. The maximum Gasteiger partial charge on any atom is 0.276 e. The van der Waals surface area contributed by atoms with Gasteiger partial charge in [-0.2, -0.15) is 5.10 Å². The van der Waals surface area contributed by atoms with Gasteiger partial charge in [0.05, 0.1) is 27.0 Å². The molecule has 1 aromatic heterocycles. The number of hydrogen-bond acceptors (Lipinski definition) is 5. The molecule has 3 rings (SSSR count). The molecular weight excluding hydrogens is 334 g/mol. The quantitative estimate of drug-likeness (QED) is 0.737. The molecule has 0 unspecified atom stereocenters. The average molecular weight is 353 g/mol. The van der Waals surface area contributed by atoms with Crippen LogP contribution in [0.5, 0.6) is 17.2 Å². The number of benzene rings is 2. The van der Waals surface area contributed by atoms with Crippen LogP contribution in [-0.2, 0) is 0 Å². The zero-order chi connectivity index (χ0) is 18.5. The van der Waals surface area contributed by atoms with E-state index >= 15 is 0 Å². The van der Waals surface area contributed by atoms with Gasteiger partial charge in [0.2, 0.25) is 5.75 Å². The van der Waals surface area contributed by atoms with E-state index in [1.54, 1.807) is 29.1 Å². The number of methoxy groups -OCH3 is 3. The fraction of sp³-hybridized carbons (Fsp3) is 0.158. The molecule has 2 aromatic carbocycles. The largest absolute Gasteiger partial charge is 0.493 e. The van der Waals surface area contributed by atoms with Crippen LogP contribution >= 0.6 is 0 Å². The molecule has 0 saturated heterocycles. The van der Waals surface area contributed by atoms with E-state index in [-0.39, 0.29) is 5.91 Å². The molecule has 0 spiro atoms. The number of nitrogens with zero attached hydrogens (tertiary/aromatic N) is 2. The van der Waals surface area contributed by atoms with Gasteiger partial charge in [0.15, 0.2) is 17.2 Å². The molecule has 3 aromatic rings. The highest BCUT2D eigenvalue weighted by Crippen LogP contribution is 2.39. The molecule has 7 nitrogen and oxygen atoms in total. The number of amides is 1. The molecule has 0 radical (unpaired) electrons. The number of ether oxygens (including phenoxy) is 3. The minimum absolute atomic E-state index is 0.294. The van der Waals surface area contributed by atoms with Crippen molar-refractivity contribution < 1.29 is 19.0 Å². The molecule has 0 atom stereocenters. The minimum atomic E-state index is -0.339. The molecule has 0 saturated carbocycles. The summed E-state index contributed by atoms with van der Waals surface area (Å²) in [5.74, 6) is 1.03. The van der Waals surface area contributed by atoms with E-state index in [0.29, 0.717) is 28.6 Å². The van der Waals surface area contributed by atoms with Crippen LogP contribution in [0.15, 0.2) is 54.7 Å². The predicted octanol–water partition coefficient (Wildman–Crippen LogP) is 3.15. The second-order valence-corrected chi connectivity index (χ2v) is 5.35. The number of carbonyl (C=O) groups is 1. The molecule has 0 aliphatic heterocycles. The van der Waals surface area contributed by atoms with E-state index in [9.17, 15) is 4.79 Å². The summed E-state index contributed by atoms with van der Waals surface area (Å²) < 4.78 is 17.5. The summed E-state index contributed by atoms with van der Waals surface area (Å²) in [7, 11) is 4.56. The van der Waals surface area contributed by atoms with Gasteiger partial charge in [-0.05, 0) is 18.2 Å². The summed E-state index contributed by atoms with van der Waals surface area (Å²) >= 11 is 0. The molecule has 1 heterocycles. The van der Waals surface area contributed by atoms with Crippen molar-refractivity contribution >= 4 is 11.6 Å². The van der Waals surface area contributed by atoms with Gasteiger partial charge in [-0.15, -0.1) is 0 Å². The summed E-state index contributed by atoms with van der Waals surface area (Å²) in [6, 6.07) is 14.5. The first-order valence-electron chi connectivity index (χ1n) is 7.88. The van der Waals surface area contributed by atoms with Gasteiger partial charge < -0.3 is 19.5 Å². The normalized spacial score (nSPS) is 10.3. The van der Waals surface area contributed by atoms with Gasteiger partial charge in [0, 0.05) is 24.0 Å². The topological polar surface area (TPSA) is 74.6 Å². The van der Waals surface area contributed by atoms with Crippen LogP contribution in [0.4, 0.5) is 5.69 Å². The molecular formula is C19H19N3O4. The van der Waals surface area contributed by atoms with Gasteiger partial charge in [-0.1, -0.05) is 18.2 Å². The minimum Gasteiger partial charge on any atom is -0.493 e. The second-order valence-electron chi connectivity index (χ2n) is 5.35. The Morgan fingerprint density at radius 1 is 0.962 bits per heavy atom. The highest BCUT2D eigenvalue weighted by molar-refractivity contribution is 6.03. The lowest BCUT2D eigenvalue weighted by molar-refractivity contribution is 0.102. The Morgan fingerprint density at radius 2 is 1.62 bits per heavy atom. The summed E-state index contributed by atoms with van der Waals surface area (Å²) in [6.45, 7) is 0. The third-order valence-electron chi connectivity index (χ3n) is 3.77. The van der Waals surface area contributed by atoms with Crippen LogP contribution < -0.4 is 19.5 Å². The molecule has 0 aliphatic rings. The molecule has 1 N–H and O–H groups in total. The van der Waals surface area contributed by atoms with E-state index in [1.165, 1.54) is 21.3 Å². The van der Waals surface area contributed by atoms with Crippen molar-refractivity contribution in [2.45, 2.75) is 0 Å². The highest BCUT2D eigenvalue weighted by atomic mass is 16.5. The van der Waals surface area contributed by atoms with Crippen LogP contribution in [0, 0.1) is 0 Å². The lowest BCUT2D eigenvalue weighted by Gasteiger charge is -2.14. The van der Waals surface area contributed by atoms with E-state index in [0.717, 1.165) is 5.69 Å². The molecule has 1 amide bonds. The Balaban J connectivity index is 1.83. The Bertz CT molecular complexity index is 881. The standard InChI is InChI=1S/C19H19N3O4/c1-24-16-11-13(12-17(25-2)18(16)26-3)20-19(23)15-9-10-22(21-15)14-7-5-4-6-8-14/h4-12H,1-3H3,(H,20,23). The Kier molecular flexibility index (Phi) is 5.07. The Labute approximate surface area is 151 Å². The van der Waals surface area contributed by atoms with Gasteiger partial charge in [0.25, 0.3) is 5.91 Å².